The Morgan fingerprint density at radius 3 is 1.47 bits per heavy atom. The van der Waals surface area contributed by atoms with E-state index in [0.717, 1.165) is 0 Å². The minimum absolute atomic E-state index is 0. The summed E-state index contributed by atoms with van der Waals surface area (Å²) in [6.45, 7) is 0. The van der Waals surface area contributed by atoms with Crippen molar-refractivity contribution in [3.05, 3.63) is 48.5 Å². The third kappa shape index (κ3) is 1.72. The second-order valence-electron chi connectivity index (χ2n) is 3.09. The molecule has 0 saturated carbocycles. The SMILES string of the molecule is O.O.c1ccc2c(c1)sc1ccccc12. The normalized spacial score (nSPS) is 9.60. The molecule has 0 fully saturated rings. The largest absolute Gasteiger partial charge is 0.412 e. The van der Waals surface area contributed by atoms with Crippen LogP contribution in [0.25, 0.3) is 20.2 Å². The van der Waals surface area contributed by atoms with Crippen molar-refractivity contribution in [3.8, 4) is 0 Å². The summed E-state index contributed by atoms with van der Waals surface area (Å²) in [5.41, 5.74) is 0. The molecule has 0 atom stereocenters. The smallest absolute Gasteiger partial charge is 0.0355 e. The van der Waals surface area contributed by atoms with Gasteiger partial charge in [0.2, 0.25) is 0 Å². The van der Waals surface area contributed by atoms with Crippen molar-refractivity contribution in [2.24, 2.45) is 0 Å². The summed E-state index contributed by atoms with van der Waals surface area (Å²) in [5, 5.41) is 2.76. The van der Waals surface area contributed by atoms with Crippen LogP contribution in [-0.2, 0) is 0 Å². The molecular weight excluding hydrogens is 208 g/mol. The Hall–Kier alpha value is -1.42. The maximum absolute atomic E-state index is 2.19. The van der Waals surface area contributed by atoms with Crippen molar-refractivity contribution in [1.29, 1.82) is 0 Å². The first-order chi connectivity index (χ1) is 6.45. The van der Waals surface area contributed by atoms with Crippen molar-refractivity contribution >= 4 is 31.5 Å². The van der Waals surface area contributed by atoms with E-state index in [1.165, 1.54) is 20.2 Å². The highest BCUT2D eigenvalue weighted by atomic mass is 32.1. The molecule has 1 heterocycles. The lowest BCUT2D eigenvalue weighted by Crippen LogP contribution is -1.62. The van der Waals surface area contributed by atoms with Crippen LogP contribution in [0.4, 0.5) is 0 Å². The van der Waals surface area contributed by atoms with Crippen LogP contribution in [0.15, 0.2) is 48.5 Å². The van der Waals surface area contributed by atoms with Crippen LogP contribution in [-0.4, -0.2) is 11.0 Å². The highest BCUT2D eigenvalue weighted by Gasteiger charge is 2.01. The lowest BCUT2D eigenvalue weighted by molar-refractivity contribution is 0.823. The van der Waals surface area contributed by atoms with Gasteiger partial charge >= 0.3 is 0 Å². The molecule has 2 aromatic carbocycles. The average Bonchev–Trinajstić information content (AvgIpc) is 2.56. The van der Waals surface area contributed by atoms with Crippen LogP contribution in [0, 0.1) is 0 Å². The van der Waals surface area contributed by atoms with Crippen molar-refractivity contribution in [3.63, 3.8) is 0 Å². The third-order valence-electron chi connectivity index (χ3n) is 2.28. The van der Waals surface area contributed by atoms with Gasteiger partial charge in [0.1, 0.15) is 0 Å². The number of thiophene rings is 1. The molecule has 4 N–H and O–H groups in total. The second kappa shape index (κ2) is 4.40. The summed E-state index contributed by atoms with van der Waals surface area (Å²) in [7, 11) is 0. The van der Waals surface area contributed by atoms with Crippen LogP contribution in [0.2, 0.25) is 0 Å². The van der Waals surface area contributed by atoms with E-state index in [-0.39, 0.29) is 11.0 Å². The first kappa shape index (κ1) is 11.7. The number of fused-ring (bicyclic) bond motifs is 3. The predicted molar refractivity (Wildman–Crippen MR) is 66.6 cm³/mol. The monoisotopic (exact) mass is 220 g/mol. The van der Waals surface area contributed by atoms with Gasteiger partial charge in [-0.2, -0.15) is 0 Å². The average molecular weight is 220 g/mol. The van der Waals surface area contributed by atoms with Gasteiger partial charge in [0.05, 0.1) is 0 Å². The van der Waals surface area contributed by atoms with E-state index < -0.39 is 0 Å². The Labute approximate surface area is 91.4 Å². The first-order valence-electron chi connectivity index (χ1n) is 4.31. The summed E-state index contributed by atoms with van der Waals surface area (Å²) in [5.74, 6) is 0. The molecule has 15 heavy (non-hydrogen) atoms. The Morgan fingerprint density at radius 2 is 1.00 bits per heavy atom. The zero-order chi connectivity index (χ0) is 8.67. The minimum Gasteiger partial charge on any atom is -0.412 e. The van der Waals surface area contributed by atoms with E-state index in [4.69, 9.17) is 0 Å². The van der Waals surface area contributed by atoms with Crippen molar-refractivity contribution in [2.75, 3.05) is 0 Å². The number of benzene rings is 2. The molecule has 0 aliphatic carbocycles. The Morgan fingerprint density at radius 1 is 0.600 bits per heavy atom. The molecule has 0 aliphatic heterocycles. The van der Waals surface area contributed by atoms with Crippen LogP contribution in [0.1, 0.15) is 0 Å². The minimum atomic E-state index is 0. The Kier molecular flexibility index (Phi) is 3.42. The molecule has 0 spiro atoms. The van der Waals surface area contributed by atoms with E-state index >= 15 is 0 Å². The van der Waals surface area contributed by atoms with Gasteiger partial charge in [0, 0.05) is 20.2 Å². The van der Waals surface area contributed by atoms with Gasteiger partial charge in [0.15, 0.2) is 0 Å². The Bertz CT molecular complexity index is 521. The summed E-state index contributed by atoms with van der Waals surface area (Å²) in [6, 6.07) is 17.1. The molecule has 0 radical (unpaired) electrons. The topological polar surface area (TPSA) is 63.0 Å². The van der Waals surface area contributed by atoms with Gasteiger partial charge in [0.25, 0.3) is 0 Å². The van der Waals surface area contributed by atoms with Crippen LogP contribution >= 0.6 is 11.3 Å². The van der Waals surface area contributed by atoms with Gasteiger partial charge in [-0.25, -0.2) is 0 Å². The van der Waals surface area contributed by atoms with Crippen molar-refractivity contribution in [2.45, 2.75) is 0 Å². The summed E-state index contributed by atoms with van der Waals surface area (Å²) >= 11 is 1.86. The number of hydrogen-bond acceptors (Lipinski definition) is 1. The first-order valence-corrected chi connectivity index (χ1v) is 5.13. The van der Waals surface area contributed by atoms with E-state index in [0.29, 0.717) is 0 Å². The molecule has 0 bridgehead atoms. The summed E-state index contributed by atoms with van der Waals surface area (Å²) in [4.78, 5) is 0. The molecule has 3 heteroatoms. The molecule has 2 nitrogen and oxygen atoms in total. The molecule has 3 aromatic rings. The molecule has 0 unspecified atom stereocenters. The highest BCUT2D eigenvalue weighted by Crippen LogP contribution is 2.32. The standard InChI is InChI=1S/C12H8S.2H2O/c1-3-7-11-9(5-1)10-6-2-4-8-12(10)13-11;;/h1-8H;2*1H2. The fourth-order valence-electron chi connectivity index (χ4n) is 1.67. The lowest BCUT2D eigenvalue weighted by atomic mass is 10.2. The molecule has 0 amide bonds. The van der Waals surface area contributed by atoms with Gasteiger partial charge in [-0.1, -0.05) is 36.4 Å². The van der Waals surface area contributed by atoms with Gasteiger partial charge in [-0.3, -0.25) is 0 Å². The molecule has 3 rings (SSSR count). The zero-order valence-electron chi connectivity index (χ0n) is 8.03. The van der Waals surface area contributed by atoms with Crippen LogP contribution in [0.5, 0.6) is 0 Å². The van der Waals surface area contributed by atoms with E-state index in [1.807, 2.05) is 11.3 Å². The van der Waals surface area contributed by atoms with Crippen LogP contribution in [0.3, 0.4) is 0 Å². The molecule has 78 valence electrons. The maximum Gasteiger partial charge on any atom is 0.0355 e. The summed E-state index contributed by atoms with van der Waals surface area (Å²) in [6.07, 6.45) is 0. The number of hydrogen-bond donors (Lipinski definition) is 0. The second-order valence-corrected chi connectivity index (χ2v) is 4.18. The van der Waals surface area contributed by atoms with Crippen LogP contribution < -0.4 is 0 Å². The van der Waals surface area contributed by atoms with Gasteiger partial charge in [-0.15, -0.1) is 11.3 Å². The fraction of sp³-hybridized carbons (Fsp3) is 0. The molecule has 0 saturated heterocycles. The van der Waals surface area contributed by atoms with Crippen molar-refractivity contribution < 1.29 is 11.0 Å². The van der Waals surface area contributed by atoms with Gasteiger partial charge < -0.3 is 11.0 Å². The lowest BCUT2D eigenvalue weighted by Gasteiger charge is -1.88. The predicted octanol–water partition coefficient (Wildman–Crippen LogP) is 2.41. The summed E-state index contributed by atoms with van der Waals surface area (Å²) < 4.78 is 2.76. The zero-order valence-corrected chi connectivity index (χ0v) is 8.84. The van der Waals surface area contributed by atoms with E-state index in [9.17, 15) is 0 Å². The third-order valence-corrected chi connectivity index (χ3v) is 3.44. The Balaban J connectivity index is 0.000000562. The fourth-order valence-corrected chi connectivity index (χ4v) is 2.78. The quantitative estimate of drug-likeness (QED) is 0.558. The van der Waals surface area contributed by atoms with Crippen molar-refractivity contribution in [1.82, 2.24) is 0 Å². The highest BCUT2D eigenvalue weighted by molar-refractivity contribution is 7.25. The van der Waals surface area contributed by atoms with E-state index in [2.05, 4.69) is 48.5 Å². The molecule has 0 aliphatic rings. The van der Waals surface area contributed by atoms with Gasteiger partial charge in [-0.05, 0) is 12.1 Å². The number of rotatable bonds is 0. The maximum atomic E-state index is 2.19. The molecule has 1 aromatic heterocycles. The van der Waals surface area contributed by atoms with E-state index in [1.54, 1.807) is 0 Å². The molecular formula is C12H12O2S.